The minimum atomic E-state index is -0.817. The van der Waals surface area contributed by atoms with E-state index in [4.69, 9.17) is 4.74 Å². The number of aromatic nitrogens is 4. The van der Waals surface area contributed by atoms with Crippen LogP contribution in [0.25, 0.3) is 11.6 Å². The van der Waals surface area contributed by atoms with Crippen LogP contribution in [0.15, 0.2) is 43.0 Å². The molecule has 1 aliphatic heterocycles. The Bertz CT molecular complexity index is 1030. The third-order valence-electron chi connectivity index (χ3n) is 5.66. The number of hydrogen-bond acceptors (Lipinski definition) is 6. The SMILES string of the molecule is CN(c1cc([C@@H]2C[C@@H]2c2cnc(-c3ncccn3)nc2)cc(F)c1F)C1COC1. The number of anilines is 1. The summed E-state index contributed by atoms with van der Waals surface area (Å²) < 4.78 is 33.8. The Morgan fingerprint density at radius 1 is 0.931 bits per heavy atom. The molecule has 2 atom stereocenters. The Hall–Kier alpha value is -3.00. The number of likely N-dealkylation sites (N-methyl/N-ethyl adjacent to an activating group) is 1. The Labute approximate surface area is 166 Å². The summed E-state index contributed by atoms with van der Waals surface area (Å²) in [5.41, 5.74) is 2.06. The van der Waals surface area contributed by atoms with Crippen molar-refractivity contribution in [3.05, 3.63) is 65.7 Å². The van der Waals surface area contributed by atoms with Crippen molar-refractivity contribution in [3.8, 4) is 11.6 Å². The molecule has 3 aromatic rings. The van der Waals surface area contributed by atoms with Crippen molar-refractivity contribution in [3.63, 3.8) is 0 Å². The highest BCUT2D eigenvalue weighted by Gasteiger charge is 2.41. The molecule has 29 heavy (non-hydrogen) atoms. The molecular weight excluding hydrogens is 376 g/mol. The summed E-state index contributed by atoms with van der Waals surface area (Å²) in [6.07, 6.45) is 7.67. The van der Waals surface area contributed by atoms with Gasteiger partial charge in [0.25, 0.3) is 0 Å². The summed E-state index contributed by atoms with van der Waals surface area (Å²) in [6, 6.07) is 4.88. The van der Waals surface area contributed by atoms with Gasteiger partial charge in [0.05, 0.1) is 24.9 Å². The number of nitrogens with zero attached hydrogens (tertiary/aromatic N) is 5. The summed E-state index contributed by atoms with van der Waals surface area (Å²) in [7, 11) is 1.78. The maximum atomic E-state index is 14.4. The van der Waals surface area contributed by atoms with Crippen LogP contribution in [0.4, 0.5) is 14.5 Å². The molecule has 2 aromatic heterocycles. The van der Waals surface area contributed by atoms with Gasteiger partial charge in [-0.25, -0.2) is 28.7 Å². The van der Waals surface area contributed by atoms with Crippen LogP contribution in [0.1, 0.15) is 29.4 Å². The molecule has 1 saturated carbocycles. The van der Waals surface area contributed by atoms with E-state index in [1.54, 1.807) is 48.9 Å². The van der Waals surface area contributed by atoms with Gasteiger partial charge in [0, 0.05) is 31.8 Å². The van der Waals surface area contributed by atoms with Gasteiger partial charge in [-0.1, -0.05) is 0 Å². The standard InChI is InChI=1S/C21H19F2N5O/c1-28(14-10-29-11-14)18-6-12(5-17(22)19(18)23)15-7-16(15)13-8-26-21(27-9-13)20-24-3-2-4-25-20/h2-6,8-9,14-16H,7,10-11H2,1H3/t15-,16+/m0/s1. The van der Waals surface area contributed by atoms with Gasteiger partial charge in [-0.15, -0.1) is 0 Å². The number of benzene rings is 1. The molecule has 5 rings (SSSR count). The molecule has 0 unspecified atom stereocenters. The van der Waals surface area contributed by atoms with Crippen molar-refractivity contribution in [2.45, 2.75) is 24.3 Å². The number of halogens is 2. The molecule has 0 radical (unpaired) electrons. The van der Waals surface area contributed by atoms with E-state index in [1.165, 1.54) is 6.07 Å². The Morgan fingerprint density at radius 2 is 1.59 bits per heavy atom. The van der Waals surface area contributed by atoms with Crippen LogP contribution in [0.2, 0.25) is 0 Å². The fraction of sp³-hybridized carbons (Fsp3) is 0.333. The summed E-state index contributed by atoms with van der Waals surface area (Å²) in [5, 5.41) is 0. The average molecular weight is 395 g/mol. The van der Waals surface area contributed by atoms with E-state index in [1.807, 2.05) is 0 Å². The summed E-state index contributed by atoms with van der Waals surface area (Å²) in [4.78, 5) is 18.8. The second-order valence-corrected chi connectivity index (χ2v) is 7.50. The van der Waals surface area contributed by atoms with Crippen molar-refractivity contribution in [1.29, 1.82) is 0 Å². The molecule has 1 saturated heterocycles. The van der Waals surface area contributed by atoms with E-state index in [0.717, 1.165) is 17.5 Å². The van der Waals surface area contributed by atoms with Crippen LogP contribution in [0, 0.1) is 11.6 Å². The minimum Gasteiger partial charge on any atom is -0.377 e. The maximum Gasteiger partial charge on any atom is 0.197 e. The van der Waals surface area contributed by atoms with Gasteiger partial charge in [0.2, 0.25) is 0 Å². The van der Waals surface area contributed by atoms with Crippen LogP contribution in [0.5, 0.6) is 0 Å². The Morgan fingerprint density at radius 3 is 2.24 bits per heavy atom. The first kappa shape index (κ1) is 18.1. The highest BCUT2D eigenvalue weighted by Crippen LogP contribution is 2.55. The smallest absolute Gasteiger partial charge is 0.197 e. The predicted molar refractivity (Wildman–Crippen MR) is 103 cm³/mol. The van der Waals surface area contributed by atoms with Crippen molar-refractivity contribution >= 4 is 5.69 Å². The quantitative estimate of drug-likeness (QED) is 0.660. The van der Waals surface area contributed by atoms with Gasteiger partial charge >= 0.3 is 0 Å². The van der Waals surface area contributed by atoms with E-state index in [9.17, 15) is 8.78 Å². The van der Waals surface area contributed by atoms with Gasteiger partial charge in [-0.2, -0.15) is 0 Å². The van der Waals surface area contributed by atoms with Gasteiger partial charge in [-0.05, 0) is 47.6 Å². The molecule has 0 N–H and O–H groups in total. The molecule has 8 heteroatoms. The molecule has 1 aliphatic carbocycles. The van der Waals surface area contributed by atoms with E-state index >= 15 is 0 Å². The second-order valence-electron chi connectivity index (χ2n) is 7.50. The lowest BCUT2D eigenvalue weighted by molar-refractivity contribution is 0.00990. The number of ether oxygens (including phenoxy) is 1. The molecule has 6 nitrogen and oxygen atoms in total. The lowest BCUT2D eigenvalue weighted by Crippen LogP contribution is -2.47. The average Bonchev–Trinajstić information content (AvgIpc) is 3.50. The lowest BCUT2D eigenvalue weighted by atomic mass is 10.0. The largest absolute Gasteiger partial charge is 0.377 e. The molecule has 0 bridgehead atoms. The van der Waals surface area contributed by atoms with E-state index in [-0.39, 0.29) is 23.6 Å². The first-order valence-corrected chi connectivity index (χ1v) is 9.50. The van der Waals surface area contributed by atoms with E-state index in [2.05, 4.69) is 19.9 Å². The van der Waals surface area contributed by atoms with E-state index in [0.29, 0.717) is 24.9 Å². The van der Waals surface area contributed by atoms with Crippen LogP contribution in [-0.4, -0.2) is 46.2 Å². The monoisotopic (exact) mass is 395 g/mol. The predicted octanol–water partition coefficient (Wildman–Crippen LogP) is 3.32. The highest BCUT2D eigenvalue weighted by atomic mass is 19.2. The van der Waals surface area contributed by atoms with Crippen molar-refractivity contribution in [1.82, 2.24) is 19.9 Å². The third kappa shape index (κ3) is 3.33. The van der Waals surface area contributed by atoms with Crippen molar-refractivity contribution in [2.75, 3.05) is 25.2 Å². The van der Waals surface area contributed by atoms with Crippen molar-refractivity contribution in [2.24, 2.45) is 0 Å². The molecule has 0 amide bonds. The highest BCUT2D eigenvalue weighted by molar-refractivity contribution is 5.53. The fourth-order valence-corrected chi connectivity index (χ4v) is 3.70. The summed E-state index contributed by atoms with van der Waals surface area (Å²) >= 11 is 0. The Kier molecular flexibility index (Phi) is 4.43. The summed E-state index contributed by atoms with van der Waals surface area (Å²) in [5.74, 6) is -0.377. The molecule has 3 heterocycles. The van der Waals surface area contributed by atoms with Crippen LogP contribution in [-0.2, 0) is 4.74 Å². The molecule has 2 fully saturated rings. The molecule has 0 spiro atoms. The first-order valence-electron chi connectivity index (χ1n) is 9.50. The second kappa shape index (κ2) is 7.11. The van der Waals surface area contributed by atoms with E-state index < -0.39 is 11.6 Å². The Balaban J connectivity index is 1.36. The molecule has 148 valence electrons. The topological polar surface area (TPSA) is 64.0 Å². The van der Waals surface area contributed by atoms with Crippen LogP contribution in [0.3, 0.4) is 0 Å². The zero-order chi connectivity index (χ0) is 20.0. The fourth-order valence-electron chi connectivity index (χ4n) is 3.70. The zero-order valence-corrected chi connectivity index (χ0v) is 15.8. The minimum absolute atomic E-state index is 0.0790. The normalized spacial score (nSPS) is 20.9. The lowest BCUT2D eigenvalue weighted by Gasteiger charge is -2.36. The van der Waals surface area contributed by atoms with Gasteiger partial charge in [-0.3, -0.25) is 0 Å². The molecule has 1 aromatic carbocycles. The summed E-state index contributed by atoms with van der Waals surface area (Å²) in [6.45, 7) is 1.06. The van der Waals surface area contributed by atoms with Gasteiger partial charge in [0.15, 0.2) is 23.3 Å². The number of rotatable bonds is 5. The first-order chi connectivity index (χ1) is 14.1. The maximum absolute atomic E-state index is 14.4. The van der Waals surface area contributed by atoms with Gasteiger partial charge in [0.1, 0.15) is 0 Å². The molecular formula is C21H19F2N5O. The number of hydrogen-bond donors (Lipinski definition) is 0. The van der Waals surface area contributed by atoms with Gasteiger partial charge < -0.3 is 9.64 Å². The van der Waals surface area contributed by atoms with Crippen LogP contribution < -0.4 is 4.90 Å². The zero-order valence-electron chi connectivity index (χ0n) is 15.8. The van der Waals surface area contributed by atoms with Crippen LogP contribution >= 0.6 is 0 Å². The third-order valence-corrected chi connectivity index (χ3v) is 5.66. The molecule has 2 aliphatic rings. The van der Waals surface area contributed by atoms with Crippen molar-refractivity contribution < 1.29 is 13.5 Å².